The summed E-state index contributed by atoms with van der Waals surface area (Å²) in [6, 6.07) is -0.582. The van der Waals surface area contributed by atoms with Crippen LogP contribution in [0.25, 0.3) is 0 Å². The van der Waals surface area contributed by atoms with E-state index in [0.717, 1.165) is 12.8 Å². The van der Waals surface area contributed by atoms with Crippen LogP contribution in [0.1, 0.15) is 45.4 Å². The van der Waals surface area contributed by atoms with Crippen LogP contribution in [0.3, 0.4) is 0 Å². The summed E-state index contributed by atoms with van der Waals surface area (Å²) in [6.07, 6.45) is 3.47. The molecule has 19 heavy (non-hydrogen) atoms. The molecule has 0 aromatic carbocycles. The van der Waals surface area contributed by atoms with Crippen LogP contribution in [-0.4, -0.2) is 34.5 Å². The highest BCUT2D eigenvalue weighted by Gasteiger charge is 2.44. The van der Waals surface area contributed by atoms with Gasteiger partial charge in [0.15, 0.2) is 0 Å². The molecule has 1 heterocycles. The first-order valence-corrected chi connectivity index (χ1v) is 6.78. The first-order chi connectivity index (χ1) is 8.93. The van der Waals surface area contributed by atoms with Gasteiger partial charge in [-0.15, -0.1) is 0 Å². The van der Waals surface area contributed by atoms with Gasteiger partial charge in [-0.25, -0.2) is 4.79 Å². The van der Waals surface area contributed by atoms with Gasteiger partial charge < -0.3 is 15.7 Å². The van der Waals surface area contributed by atoms with Gasteiger partial charge in [-0.3, -0.25) is 9.59 Å². The van der Waals surface area contributed by atoms with E-state index in [1.807, 2.05) is 6.92 Å². The third kappa shape index (κ3) is 2.88. The van der Waals surface area contributed by atoms with E-state index in [-0.39, 0.29) is 17.7 Å². The standard InChI is InChI=1S/C13H20N2O4/c1-8-3-2-6-13(7-8,12(18)19)15-11(17)9-4-5-10(16)14-9/h8-9H,2-7H2,1H3,(H,14,16)(H,15,17)(H,18,19). The number of carboxylic acid groups (broad SMARTS) is 1. The largest absolute Gasteiger partial charge is 0.480 e. The zero-order valence-corrected chi connectivity index (χ0v) is 11.1. The van der Waals surface area contributed by atoms with Crippen LogP contribution in [0.4, 0.5) is 0 Å². The number of amides is 2. The Balaban J connectivity index is 2.06. The van der Waals surface area contributed by atoms with Gasteiger partial charge in [0.2, 0.25) is 11.8 Å². The molecule has 1 aliphatic carbocycles. The van der Waals surface area contributed by atoms with Gasteiger partial charge in [-0.05, 0) is 25.2 Å². The Hall–Kier alpha value is -1.59. The Morgan fingerprint density at radius 3 is 2.68 bits per heavy atom. The van der Waals surface area contributed by atoms with E-state index in [4.69, 9.17) is 0 Å². The Labute approximate surface area is 111 Å². The summed E-state index contributed by atoms with van der Waals surface area (Å²) in [5, 5.41) is 14.7. The van der Waals surface area contributed by atoms with Crippen molar-refractivity contribution in [2.24, 2.45) is 5.92 Å². The highest BCUT2D eigenvalue weighted by molar-refractivity contribution is 5.94. The first-order valence-electron chi connectivity index (χ1n) is 6.78. The maximum absolute atomic E-state index is 12.1. The number of nitrogens with one attached hydrogen (secondary N) is 2. The second-order valence-corrected chi connectivity index (χ2v) is 5.74. The third-order valence-corrected chi connectivity index (χ3v) is 4.08. The average molecular weight is 268 g/mol. The van der Waals surface area contributed by atoms with Crippen LogP contribution in [0.2, 0.25) is 0 Å². The second kappa shape index (κ2) is 5.19. The smallest absolute Gasteiger partial charge is 0.329 e. The zero-order chi connectivity index (χ0) is 14.0. The summed E-state index contributed by atoms with van der Waals surface area (Å²) in [5.74, 6) is -1.22. The lowest BCUT2D eigenvalue weighted by atomic mass is 9.76. The second-order valence-electron chi connectivity index (χ2n) is 5.74. The van der Waals surface area contributed by atoms with E-state index in [1.54, 1.807) is 0 Å². The summed E-state index contributed by atoms with van der Waals surface area (Å²) in [6.45, 7) is 2.00. The predicted molar refractivity (Wildman–Crippen MR) is 67.3 cm³/mol. The molecule has 1 aliphatic heterocycles. The van der Waals surface area contributed by atoms with Crippen molar-refractivity contribution in [3.8, 4) is 0 Å². The van der Waals surface area contributed by atoms with Gasteiger partial charge >= 0.3 is 5.97 Å². The molecular weight excluding hydrogens is 248 g/mol. The summed E-state index contributed by atoms with van der Waals surface area (Å²) in [5.41, 5.74) is -1.16. The van der Waals surface area contributed by atoms with E-state index >= 15 is 0 Å². The van der Waals surface area contributed by atoms with Gasteiger partial charge in [0.1, 0.15) is 11.6 Å². The van der Waals surface area contributed by atoms with Crippen LogP contribution in [-0.2, 0) is 14.4 Å². The maximum atomic E-state index is 12.1. The molecule has 106 valence electrons. The molecule has 0 aromatic rings. The van der Waals surface area contributed by atoms with Gasteiger partial charge in [0, 0.05) is 6.42 Å². The zero-order valence-electron chi connectivity index (χ0n) is 11.1. The Kier molecular flexibility index (Phi) is 3.78. The fourth-order valence-corrected chi connectivity index (χ4v) is 3.05. The number of carbonyl (C=O) groups excluding carboxylic acids is 2. The molecule has 2 aliphatic rings. The summed E-state index contributed by atoms with van der Waals surface area (Å²) in [4.78, 5) is 34.7. The van der Waals surface area contributed by atoms with E-state index < -0.39 is 17.6 Å². The molecule has 3 atom stereocenters. The number of aliphatic carboxylic acids is 1. The summed E-state index contributed by atoms with van der Waals surface area (Å²) in [7, 11) is 0. The Morgan fingerprint density at radius 1 is 1.42 bits per heavy atom. The van der Waals surface area contributed by atoms with Crippen molar-refractivity contribution in [3.63, 3.8) is 0 Å². The molecule has 2 amide bonds. The number of carbonyl (C=O) groups is 3. The van der Waals surface area contributed by atoms with Crippen molar-refractivity contribution < 1.29 is 19.5 Å². The van der Waals surface area contributed by atoms with Gasteiger partial charge in [-0.2, -0.15) is 0 Å². The lowest BCUT2D eigenvalue weighted by molar-refractivity contribution is -0.150. The SMILES string of the molecule is CC1CCCC(NC(=O)C2CCC(=O)N2)(C(=O)O)C1. The third-order valence-electron chi connectivity index (χ3n) is 4.08. The van der Waals surface area contributed by atoms with Crippen molar-refractivity contribution in [3.05, 3.63) is 0 Å². The quantitative estimate of drug-likeness (QED) is 0.691. The Bertz CT molecular complexity index is 409. The first kappa shape index (κ1) is 13.8. The molecule has 3 unspecified atom stereocenters. The predicted octanol–water partition coefficient (Wildman–Crippen LogP) is 0.415. The number of carboxylic acids is 1. The van der Waals surface area contributed by atoms with Crippen LogP contribution in [0.15, 0.2) is 0 Å². The monoisotopic (exact) mass is 268 g/mol. The summed E-state index contributed by atoms with van der Waals surface area (Å²) < 4.78 is 0. The molecule has 0 bridgehead atoms. The average Bonchev–Trinajstić information content (AvgIpc) is 2.75. The van der Waals surface area contributed by atoms with Crippen LogP contribution >= 0.6 is 0 Å². The lowest BCUT2D eigenvalue weighted by Gasteiger charge is -2.37. The molecule has 1 saturated heterocycles. The van der Waals surface area contributed by atoms with Gasteiger partial charge in [-0.1, -0.05) is 19.8 Å². The van der Waals surface area contributed by atoms with Crippen molar-refractivity contribution >= 4 is 17.8 Å². The summed E-state index contributed by atoms with van der Waals surface area (Å²) >= 11 is 0. The van der Waals surface area contributed by atoms with E-state index in [1.165, 1.54) is 0 Å². The van der Waals surface area contributed by atoms with Crippen LogP contribution < -0.4 is 10.6 Å². The lowest BCUT2D eigenvalue weighted by Crippen LogP contribution is -2.59. The molecule has 6 heteroatoms. The van der Waals surface area contributed by atoms with Crippen molar-refractivity contribution in [2.75, 3.05) is 0 Å². The van der Waals surface area contributed by atoms with Crippen molar-refractivity contribution in [2.45, 2.75) is 57.0 Å². The van der Waals surface area contributed by atoms with Crippen molar-refractivity contribution in [1.29, 1.82) is 0 Å². The maximum Gasteiger partial charge on any atom is 0.329 e. The molecule has 0 spiro atoms. The van der Waals surface area contributed by atoms with E-state index in [2.05, 4.69) is 10.6 Å². The minimum atomic E-state index is -1.16. The Morgan fingerprint density at radius 2 is 2.16 bits per heavy atom. The number of hydrogen-bond acceptors (Lipinski definition) is 3. The van der Waals surface area contributed by atoms with Gasteiger partial charge in [0.25, 0.3) is 0 Å². The molecule has 1 saturated carbocycles. The highest BCUT2D eigenvalue weighted by Crippen LogP contribution is 2.32. The fourth-order valence-electron chi connectivity index (χ4n) is 3.05. The normalized spacial score (nSPS) is 34.7. The minimum absolute atomic E-state index is 0.151. The molecule has 2 rings (SSSR count). The topological polar surface area (TPSA) is 95.5 Å². The minimum Gasteiger partial charge on any atom is -0.480 e. The van der Waals surface area contributed by atoms with Crippen molar-refractivity contribution in [1.82, 2.24) is 10.6 Å². The molecule has 2 fully saturated rings. The molecule has 0 radical (unpaired) electrons. The van der Waals surface area contributed by atoms with E-state index in [0.29, 0.717) is 25.7 Å². The van der Waals surface area contributed by atoms with Gasteiger partial charge in [0.05, 0.1) is 0 Å². The highest BCUT2D eigenvalue weighted by atomic mass is 16.4. The van der Waals surface area contributed by atoms with Crippen LogP contribution in [0, 0.1) is 5.92 Å². The molecular formula is C13H20N2O4. The molecule has 0 aromatic heterocycles. The van der Waals surface area contributed by atoms with E-state index in [9.17, 15) is 19.5 Å². The molecule has 6 nitrogen and oxygen atoms in total. The van der Waals surface area contributed by atoms with Crippen LogP contribution in [0.5, 0.6) is 0 Å². The molecule has 3 N–H and O–H groups in total. The fraction of sp³-hybridized carbons (Fsp3) is 0.769. The number of rotatable bonds is 3. The number of hydrogen-bond donors (Lipinski definition) is 3.